The van der Waals surface area contributed by atoms with Gasteiger partial charge in [0.2, 0.25) is 0 Å². The number of aromatic carboxylic acids is 1. The highest BCUT2D eigenvalue weighted by molar-refractivity contribution is 6.02. The standard InChI is InChI=1S/C24H29NO3.C7H6O3/c1-27-22-14-19-13-20(24(26)21(19)15-23(22)28-2)12-17-8-10-25(11-9-17)16-18-6-4-3-5-7-18;8-6-4-2-1-3-5(6)7(9)10/h3-7,14-15,17,20H,8-13,16H2,1-2H3;1-4,8H,(H,9,10)/p-1. The molecule has 0 bridgehead atoms. The largest absolute Gasteiger partial charge is 0.872 e. The second-order valence-electron chi connectivity index (χ2n) is 9.87. The lowest BCUT2D eigenvalue weighted by Gasteiger charge is -2.32. The quantitative estimate of drug-likeness (QED) is 0.481. The number of hydrogen-bond acceptors (Lipinski definition) is 6. The van der Waals surface area contributed by atoms with Crippen LogP contribution in [0.4, 0.5) is 0 Å². The molecule has 1 saturated heterocycles. The Kier molecular flexibility index (Phi) is 9.02. The summed E-state index contributed by atoms with van der Waals surface area (Å²) in [7, 11) is 3.26. The van der Waals surface area contributed by atoms with Gasteiger partial charge in [0, 0.05) is 18.0 Å². The van der Waals surface area contributed by atoms with Gasteiger partial charge in [0.05, 0.1) is 19.8 Å². The third kappa shape index (κ3) is 6.53. The molecule has 1 N–H and O–H groups in total. The summed E-state index contributed by atoms with van der Waals surface area (Å²) >= 11 is 0. The second kappa shape index (κ2) is 12.6. The van der Waals surface area contributed by atoms with Crippen LogP contribution in [0.3, 0.4) is 0 Å². The minimum atomic E-state index is -1.18. The number of carbonyl (C=O) groups excluding carboxylic acids is 1. The molecular formula is C31H34NO6-. The van der Waals surface area contributed by atoms with E-state index in [2.05, 4.69) is 35.2 Å². The maximum Gasteiger partial charge on any atom is 0.335 e. The molecule has 2 aliphatic rings. The number of likely N-dealkylation sites (tertiary alicyclic amines) is 1. The maximum absolute atomic E-state index is 12.9. The van der Waals surface area contributed by atoms with Crippen molar-refractivity contribution < 1.29 is 29.3 Å². The van der Waals surface area contributed by atoms with E-state index in [0.29, 0.717) is 17.4 Å². The van der Waals surface area contributed by atoms with Crippen LogP contribution in [0.15, 0.2) is 66.7 Å². The predicted molar refractivity (Wildman–Crippen MR) is 143 cm³/mol. The molecule has 3 aromatic carbocycles. The number of para-hydroxylation sites is 1. The van der Waals surface area contributed by atoms with Crippen LogP contribution in [0.1, 0.15) is 51.1 Å². The molecule has 7 heteroatoms. The van der Waals surface area contributed by atoms with Gasteiger partial charge in [-0.05, 0) is 74.0 Å². The first-order chi connectivity index (χ1) is 18.4. The first-order valence-electron chi connectivity index (χ1n) is 12.9. The number of benzene rings is 3. The summed E-state index contributed by atoms with van der Waals surface area (Å²) in [6.07, 6.45) is 4.19. The second-order valence-corrected chi connectivity index (χ2v) is 9.87. The number of Topliss-reactive ketones (excluding diaryl/α,β-unsaturated/α-hetero) is 1. The Hall–Kier alpha value is -3.84. The maximum atomic E-state index is 12.9. The minimum absolute atomic E-state index is 0.109. The molecule has 7 nitrogen and oxygen atoms in total. The number of carboxylic acid groups (broad SMARTS) is 1. The van der Waals surface area contributed by atoms with Crippen LogP contribution in [0.2, 0.25) is 0 Å². The number of nitrogens with zero attached hydrogens (tertiary/aromatic N) is 1. The molecule has 0 aromatic heterocycles. The van der Waals surface area contributed by atoms with Crippen LogP contribution in [-0.2, 0) is 13.0 Å². The Balaban J connectivity index is 0.000000283. The van der Waals surface area contributed by atoms with E-state index in [9.17, 15) is 14.7 Å². The summed E-state index contributed by atoms with van der Waals surface area (Å²) in [6, 6.07) is 20.1. The number of ketones is 1. The van der Waals surface area contributed by atoms with Gasteiger partial charge in [0.25, 0.3) is 0 Å². The van der Waals surface area contributed by atoms with Gasteiger partial charge in [0.15, 0.2) is 17.3 Å². The van der Waals surface area contributed by atoms with Crippen LogP contribution in [0.25, 0.3) is 0 Å². The molecular weight excluding hydrogens is 482 g/mol. The molecule has 1 aliphatic carbocycles. The topological polar surface area (TPSA) is 99.1 Å². The molecule has 0 spiro atoms. The minimum Gasteiger partial charge on any atom is -0.872 e. The summed E-state index contributed by atoms with van der Waals surface area (Å²) in [6.45, 7) is 3.27. The number of hydrogen-bond donors (Lipinski definition) is 1. The third-order valence-corrected chi connectivity index (χ3v) is 7.40. The van der Waals surface area contributed by atoms with Gasteiger partial charge in [-0.1, -0.05) is 54.3 Å². The number of carbonyl (C=O) groups is 2. The SMILES string of the molecule is COc1cc2c(cc1OC)C(=O)C(CC1CCN(Cc3ccccc3)CC1)C2.O=C(O)c1ccccc1[O-]. The molecule has 1 heterocycles. The van der Waals surface area contributed by atoms with E-state index < -0.39 is 11.7 Å². The summed E-state index contributed by atoms with van der Waals surface area (Å²) < 4.78 is 10.8. The molecule has 0 amide bonds. The highest BCUT2D eigenvalue weighted by Gasteiger charge is 2.34. The number of rotatable bonds is 7. The zero-order valence-corrected chi connectivity index (χ0v) is 21.9. The Morgan fingerprint density at radius 3 is 2.21 bits per heavy atom. The molecule has 200 valence electrons. The van der Waals surface area contributed by atoms with Crippen molar-refractivity contribution in [3.63, 3.8) is 0 Å². The summed E-state index contributed by atoms with van der Waals surface area (Å²) in [5.74, 6) is 0.758. The van der Waals surface area contributed by atoms with Gasteiger partial charge in [-0.25, -0.2) is 4.79 Å². The lowest BCUT2D eigenvalue weighted by molar-refractivity contribution is -0.268. The molecule has 38 heavy (non-hydrogen) atoms. The predicted octanol–water partition coefficient (Wildman–Crippen LogP) is 4.82. The molecule has 1 atom stereocenters. The van der Waals surface area contributed by atoms with E-state index in [1.54, 1.807) is 14.2 Å². The van der Waals surface area contributed by atoms with E-state index in [4.69, 9.17) is 14.6 Å². The Bertz CT molecular complexity index is 1250. The average Bonchev–Trinajstić information content (AvgIpc) is 3.23. The number of carboxylic acids is 1. The fourth-order valence-corrected chi connectivity index (χ4v) is 5.36. The summed E-state index contributed by atoms with van der Waals surface area (Å²) in [5.41, 5.74) is 3.13. The van der Waals surface area contributed by atoms with Gasteiger partial charge >= 0.3 is 5.97 Å². The Labute approximate surface area is 223 Å². The lowest BCUT2D eigenvalue weighted by atomic mass is 9.85. The van der Waals surface area contributed by atoms with Gasteiger partial charge in [0.1, 0.15) is 0 Å². The van der Waals surface area contributed by atoms with Crippen molar-refractivity contribution in [2.45, 2.75) is 32.2 Å². The number of ether oxygens (including phenoxy) is 2. The highest BCUT2D eigenvalue weighted by Crippen LogP contribution is 2.39. The molecule has 1 aliphatic heterocycles. The average molecular weight is 517 g/mol. The fraction of sp³-hybridized carbons (Fsp3) is 0.355. The van der Waals surface area contributed by atoms with Crippen LogP contribution >= 0.6 is 0 Å². The molecule has 3 aromatic rings. The number of methoxy groups -OCH3 is 2. The number of piperidine rings is 1. The van der Waals surface area contributed by atoms with Crippen molar-refractivity contribution in [3.05, 3.63) is 89.0 Å². The summed E-state index contributed by atoms with van der Waals surface area (Å²) in [5, 5.41) is 19.0. The van der Waals surface area contributed by atoms with Gasteiger partial charge in [-0.15, -0.1) is 0 Å². The van der Waals surface area contributed by atoms with Gasteiger partial charge < -0.3 is 19.7 Å². The zero-order valence-electron chi connectivity index (χ0n) is 21.9. The smallest absolute Gasteiger partial charge is 0.335 e. The van der Waals surface area contributed by atoms with Crippen LogP contribution in [0, 0.1) is 11.8 Å². The summed E-state index contributed by atoms with van der Waals surface area (Å²) in [4.78, 5) is 25.7. The van der Waals surface area contributed by atoms with Crippen molar-refractivity contribution in [2.75, 3.05) is 27.3 Å². The van der Waals surface area contributed by atoms with E-state index in [1.807, 2.05) is 12.1 Å². The monoisotopic (exact) mass is 516 g/mol. The Morgan fingerprint density at radius 1 is 0.974 bits per heavy atom. The van der Waals surface area contributed by atoms with E-state index >= 15 is 0 Å². The van der Waals surface area contributed by atoms with E-state index in [0.717, 1.165) is 43.6 Å². The van der Waals surface area contributed by atoms with E-state index in [1.165, 1.54) is 42.7 Å². The molecule has 1 unspecified atom stereocenters. The Morgan fingerprint density at radius 2 is 1.61 bits per heavy atom. The van der Waals surface area contributed by atoms with Crippen LogP contribution in [-0.4, -0.2) is 49.1 Å². The highest BCUT2D eigenvalue weighted by atomic mass is 16.5. The third-order valence-electron chi connectivity index (χ3n) is 7.40. The first-order valence-corrected chi connectivity index (χ1v) is 12.9. The normalized spacial score (nSPS) is 17.3. The van der Waals surface area contributed by atoms with Gasteiger partial charge in [-0.3, -0.25) is 9.69 Å². The van der Waals surface area contributed by atoms with Crippen molar-refractivity contribution >= 4 is 11.8 Å². The van der Waals surface area contributed by atoms with Crippen molar-refractivity contribution in [1.82, 2.24) is 4.90 Å². The molecule has 5 rings (SSSR count). The zero-order chi connectivity index (χ0) is 27.1. The molecule has 0 saturated carbocycles. The first kappa shape index (κ1) is 27.2. The van der Waals surface area contributed by atoms with Gasteiger partial charge in [-0.2, -0.15) is 0 Å². The fourth-order valence-electron chi connectivity index (χ4n) is 5.36. The van der Waals surface area contributed by atoms with Crippen molar-refractivity contribution in [3.8, 4) is 17.2 Å². The molecule has 0 radical (unpaired) electrons. The van der Waals surface area contributed by atoms with Crippen molar-refractivity contribution in [2.24, 2.45) is 11.8 Å². The van der Waals surface area contributed by atoms with Crippen LogP contribution in [0.5, 0.6) is 17.2 Å². The van der Waals surface area contributed by atoms with Crippen LogP contribution < -0.4 is 14.6 Å². The number of fused-ring (bicyclic) bond motifs is 1. The lowest BCUT2D eigenvalue weighted by Crippen LogP contribution is -2.34. The van der Waals surface area contributed by atoms with E-state index in [-0.39, 0.29) is 17.3 Å². The molecule has 1 fully saturated rings. The van der Waals surface area contributed by atoms with Crippen molar-refractivity contribution in [1.29, 1.82) is 0 Å².